The van der Waals surface area contributed by atoms with Gasteiger partial charge in [0.2, 0.25) is 0 Å². The lowest BCUT2D eigenvalue weighted by Gasteiger charge is -2.02. The fraction of sp³-hybridized carbons (Fsp3) is 0.938. The summed E-state index contributed by atoms with van der Waals surface area (Å²) < 4.78 is 0. The van der Waals surface area contributed by atoms with E-state index >= 15 is 0 Å². The standard InChI is InChI=1S/C16H32O2/c1-2-3-4-5-6-7-8-9-10-11-12-13-14-15-16(17)18/h2-15H2,1H3,(H,17,18)/i9+1,10+1,11+1,12+1. The molecule has 0 aliphatic rings. The van der Waals surface area contributed by atoms with E-state index in [2.05, 4.69) is 6.92 Å². The molecule has 1 N–H and O–H groups in total. The van der Waals surface area contributed by atoms with E-state index < -0.39 is 5.97 Å². The van der Waals surface area contributed by atoms with Gasteiger partial charge in [0.05, 0.1) is 0 Å². The zero-order chi connectivity index (χ0) is 13.5. The molecule has 0 aromatic carbocycles. The van der Waals surface area contributed by atoms with Crippen LogP contribution in [0.5, 0.6) is 0 Å². The lowest BCUT2D eigenvalue weighted by molar-refractivity contribution is -0.137. The van der Waals surface area contributed by atoms with Gasteiger partial charge in [-0.25, -0.2) is 0 Å². The summed E-state index contributed by atoms with van der Waals surface area (Å²) in [5, 5.41) is 8.49. The van der Waals surface area contributed by atoms with Gasteiger partial charge < -0.3 is 5.11 Å². The van der Waals surface area contributed by atoms with Crippen LogP contribution in [-0.4, -0.2) is 11.1 Å². The van der Waals surface area contributed by atoms with E-state index in [-0.39, 0.29) is 0 Å². The Kier molecular flexibility index (Phi) is 14.1. The van der Waals surface area contributed by atoms with Gasteiger partial charge in [-0.15, -0.1) is 0 Å². The molecule has 18 heavy (non-hydrogen) atoms. The molecule has 0 aliphatic heterocycles. The van der Waals surface area contributed by atoms with Crippen LogP contribution in [0.1, 0.15) is 96.8 Å². The molecule has 2 heteroatoms. The summed E-state index contributed by atoms with van der Waals surface area (Å²) in [4.78, 5) is 10.3. The normalized spacial score (nSPS) is 10.7. The van der Waals surface area contributed by atoms with Crippen LogP contribution in [0.2, 0.25) is 0 Å². The Bertz CT molecular complexity index is 178. The largest absolute Gasteiger partial charge is 0.481 e. The highest BCUT2D eigenvalue weighted by atomic mass is 16.4. The highest BCUT2D eigenvalue weighted by molar-refractivity contribution is 5.66. The molecule has 0 spiro atoms. The molecule has 0 amide bonds. The molecule has 0 unspecified atom stereocenters. The highest BCUT2D eigenvalue weighted by Crippen LogP contribution is 2.12. The number of hydrogen-bond donors (Lipinski definition) is 1. The Labute approximate surface area is 113 Å². The van der Waals surface area contributed by atoms with Crippen LogP contribution < -0.4 is 0 Å². The third-order valence-electron chi connectivity index (χ3n) is 3.49. The number of aliphatic carboxylic acids is 1. The molecular formula is C16H32O2. The summed E-state index contributed by atoms with van der Waals surface area (Å²) in [5.74, 6) is -0.655. The predicted octanol–water partition coefficient (Wildman–Crippen LogP) is 5.55. The van der Waals surface area contributed by atoms with Crippen LogP contribution >= 0.6 is 0 Å². The number of carboxylic acids is 1. The SMILES string of the molecule is CCCCCCCC[13CH2][13CH2][13CH2][13CH2]CCCC(=O)O. The average Bonchev–Trinajstić information content (AvgIpc) is 2.34. The zero-order valence-corrected chi connectivity index (χ0v) is 12.3. The molecule has 0 bridgehead atoms. The Hall–Kier alpha value is -0.530. The molecule has 108 valence electrons. The summed E-state index contributed by atoms with van der Waals surface area (Å²) in [5.41, 5.74) is 0. The van der Waals surface area contributed by atoms with Gasteiger partial charge in [-0.05, 0) is 6.42 Å². The van der Waals surface area contributed by atoms with Crippen LogP contribution in [0.15, 0.2) is 0 Å². The monoisotopic (exact) mass is 260 g/mol. The Morgan fingerprint density at radius 3 is 1.33 bits per heavy atom. The summed E-state index contributed by atoms with van der Waals surface area (Å²) in [6, 6.07) is 0. The van der Waals surface area contributed by atoms with Gasteiger partial charge in [0.25, 0.3) is 0 Å². The van der Waals surface area contributed by atoms with Crippen molar-refractivity contribution in [3.8, 4) is 0 Å². The zero-order valence-electron chi connectivity index (χ0n) is 12.3. The summed E-state index contributed by atoms with van der Waals surface area (Å²) in [6.45, 7) is 2.26. The molecule has 0 atom stereocenters. The van der Waals surface area contributed by atoms with Gasteiger partial charge >= 0.3 is 5.97 Å². The van der Waals surface area contributed by atoms with Crippen molar-refractivity contribution in [1.82, 2.24) is 0 Å². The highest BCUT2D eigenvalue weighted by Gasteiger charge is 1.96. The van der Waals surface area contributed by atoms with Gasteiger partial charge in [-0.3, -0.25) is 4.79 Å². The number of carbonyl (C=O) groups is 1. The maximum atomic E-state index is 10.3. The molecule has 0 aromatic rings. The molecule has 2 nitrogen and oxygen atoms in total. The second-order valence-electron chi connectivity index (χ2n) is 5.39. The van der Waals surface area contributed by atoms with E-state index in [0.717, 1.165) is 12.8 Å². The second-order valence-corrected chi connectivity index (χ2v) is 5.39. The van der Waals surface area contributed by atoms with Crippen LogP contribution in [0.25, 0.3) is 0 Å². The molecule has 0 rings (SSSR count). The molecule has 0 saturated heterocycles. The van der Waals surface area contributed by atoms with E-state index in [4.69, 9.17) is 5.11 Å². The van der Waals surface area contributed by atoms with Crippen molar-refractivity contribution < 1.29 is 9.90 Å². The number of unbranched alkanes of at least 4 members (excludes halogenated alkanes) is 12. The maximum absolute atomic E-state index is 10.3. The van der Waals surface area contributed by atoms with Gasteiger partial charge in [0, 0.05) is 6.42 Å². The van der Waals surface area contributed by atoms with Crippen LogP contribution in [0, 0.1) is 0 Å². The quantitative estimate of drug-likeness (QED) is 0.328. The first-order valence-electron chi connectivity index (χ1n) is 7.99. The third kappa shape index (κ3) is 15.5. The topological polar surface area (TPSA) is 37.3 Å². The van der Waals surface area contributed by atoms with Gasteiger partial charge in [0.1, 0.15) is 0 Å². The Morgan fingerprint density at radius 2 is 1.00 bits per heavy atom. The van der Waals surface area contributed by atoms with Gasteiger partial charge in [-0.2, -0.15) is 0 Å². The van der Waals surface area contributed by atoms with Crippen molar-refractivity contribution in [2.24, 2.45) is 0 Å². The molecule has 0 aromatic heterocycles. The fourth-order valence-electron chi connectivity index (χ4n) is 2.29. The first-order valence-corrected chi connectivity index (χ1v) is 7.99. The minimum absolute atomic E-state index is 0.345. The van der Waals surface area contributed by atoms with E-state index in [1.54, 1.807) is 0 Å². The van der Waals surface area contributed by atoms with Crippen molar-refractivity contribution in [3.63, 3.8) is 0 Å². The smallest absolute Gasteiger partial charge is 0.303 e. The predicted molar refractivity (Wildman–Crippen MR) is 77.9 cm³/mol. The lowest BCUT2D eigenvalue weighted by Crippen LogP contribution is -1.93. The van der Waals surface area contributed by atoms with E-state index in [1.165, 1.54) is 70.6 Å². The van der Waals surface area contributed by atoms with Crippen molar-refractivity contribution in [3.05, 3.63) is 0 Å². The Morgan fingerprint density at radius 1 is 0.667 bits per heavy atom. The van der Waals surface area contributed by atoms with Crippen molar-refractivity contribution >= 4 is 5.97 Å². The van der Waals surface area contributed by atoms with E-state index in [1.807, 2.05) is 0 Å². The molecule has 0 heterocycles. The van der Waals surface area contributed by atoms with Crippen molar-refractivity contribution in [2.45, 2.75) is 96.8 Å². The van der Waals surface area contributed by atoms with E-state index in [0.29, 0.717) is 6.42 Å². The Balaban J connectivity index is 2.92. The average molecular weight is 260 g/mol. The number of carboxylic acid groups (broad SMARTS) is 1. The molecule has 0 aliphatic carbocycles. The molecule has 0 radical (unpaired) electrons. The molecule has 0 saturated carbocycles. The molecule has 0 fully saturated rings. The van der Waals surface area contributed by atoms with E-state index in [9.17, 15) is 4.79 Å². The minimum atomic E-state index is -0.655. The summed E-state index contributed by atoms with van der Waals surface area (Å²) in [7, 11) is 0. The van der Waals surface area contributed by atoms with Crippen molar-refractivity contribution in [1.29, 1.82) is 0 Å². The first kappa shape index (κ1) is 17.5. The minimum Gasteiger partial charge on any atom is -0.481 e. The van der Waals surface area contributed by atoms with Crippen LogP contribution in [0.4, 0.5) is 0 Å². The third-order valence-corrected chi connectivity index (χ3v) is 3.49. The second kappa shape index (κ2) is 14.5. The van der Waals surface area contributed by atoms with Crippen LogP contribution in [-0.2, 0) is 4.79 Å². The van der Waals surface area contributed by atoms with Crippen molar-refractivity contribution in [2.75, 3.05) is 0 Å². The fourth-order valence-corrected chi connectivity index (χ4v) is 2.29. The van der Waals surface area contributed by atoms with Gasteiger partial charge in [0.15, 0.2) is 0 Å². The molecular weight excluding hydrogens is 228 g/mol. The summed E-state index contributed by atoms with van der Waals surface area (Å²) in [6.07, 6.45) is 17.3. The summed E-state index contributed by atoms with van der Waals surface area (Å²) >= 11 is 0. The number of rotatable bonds is 14. The number of hydrogen-bond acceptors (Lipinski definition) is 1. The maximum Gasteiger partial charge on any atom is 0.303 e. The van der Waals surface area contributed by atoms with Crippen LogP contribution in [0.3, 0.4) is 0 Å². The first-order chi connectivity index (χ1) is 8.77. The van der Waals surface area contributed by atoms with Gasteiger partial charge in [-0.1, -0.05) is 84.0 Å². The lowest BCUT2D eigenvalue weighted by atomic mass is 10.1.